The Labute approximate surface area is 70.6 Å². The summed E-state index contributed by atoms with van der Waals surface area (Å²) in [5.74, 6) is 0. The van der Waals surface area contributed by atoms with Crippen LogP contribution in [0.15, 0.2) is 33.1 Å². The van der Waals surface area contributed by atoms with Gasteiger partial charge >= 0.3 is 0 Å². The van der Waals surface area contributed by atoms with Crippen LogP contribution in [0.5, 0.6) is 0 Å². The Balaban J connectivity index is 3.00. The molecule has 1 aromatic rings. The molecule has 0 aliphatic carbocycles. The maximum absolute atomic E-state index is 9.92. The molecule has 4 heteroatoms. The minimum Gasteiger partial charge on any atom is -0.191 e. The first-order valence-corrected chi connectivity index (χ1v) is 4.07. The topological polar surface area (TPSA) is 29.4 Å². The lowest BCUT2D eigenvalue weighted by Crippen LogP contribution is -1.62. The zero-order chi connectivity index (χ0) is 7.40. The van der Waals surface area contributed by atoms with Gasteiger partial charge in [0.2, 0.25) is 11.5 Å². The van der Waals surface area contributed by atoms with Gasteiger partial charge in [0, 0.05) is 4.47 Å². The van der Waals surface area contributed by atoms with Gasteiger partial charge in [-0.15, -0.1) is 0 Å². The van der Waals surface area contributed by atoms with Crippen molar-refractivity contribution >= 4 is 33.1 Å². The van der Waals surface area contributed by atoms with Crippen LogP contribution in [0.4, 0.5) is 5.69 Å². The van der Waals surface area contributed by atoms with Gasteiger partial charge < -0.3 is 0 Å². The Kier molecular flexibility index (Phi) is 2.77. The van der Waals surface area contributed by atoms with Crippen molar-refractivity contribution in [2.75, 3.05) is 0 Å². The number of nitrogens with zero attached hydrogens (tertiary/aromatic N) is 1. The van der Waals surface area contributed by atoms with E-state index < -0.39 is 0 Å². The van der Waals surface area contributed by atoms with Gasteiger partial charge in [-0.05, 0) is 24.3 Å². The fourth-order valence-electron chi connectivity index (χ4n) is 0.545. The largest absolute Gasteiger partial charge is 0.205 e. The van der Waals surface area contributed by atoms with E-state index in [0.717, 1.165) is 4.47 Å². The average Bonchev–Trinajstić information content (AvgIpc) is 1.95. The zero-order valence-electron chi connectivity index (χ0n) is 4.95. The normalized spacial score (nSPS) is 8.90. The van der Waals surface area contributed by atoms with Crippen molar-refractivity contribution in [2.45, 2.75) is 0 Å². The molecular weight excluding hydrogens is 214 g/mol. The van der Waals surface area contributed by atoms with Crippen molar-refractivity contribution in [3.63, 3.8) is 0 Å². The third-order valence-corrected chi connectivity index (χ3v) is 1.78. The second-order valence-corrected chi connectivity index (χ2v) is 2.89. The van der Waals surface area contributed by atoms with Crippen molar-refractivity contribution in [1.29, 1.82) is 0 Å². The summed E-state index contributed by atoms with van der Waals surface area (Å²) in [5, 5.41) is 0. The molecule has 0 N–H and O–H groups in total. The van der Waals surface area contributed by atoms with Crippen molar-refractivity contribution in [3.8, 4) is 0 Å². The second kappa shape index (κ2) is 3.63. The molecular formula is C6H4BrNOS. The molecule has 1 aromatic carbocycles. The third-order valence-electron chi connectivity index (χ3n) is 0.969. The van der Waals surface area contributed by atoms with Crippen LogP contribution in [-0.4, -0.2) is 4.21 Å². The van der Waals surface area contributed by atoms with Crippen LogP contribution in [0.25, 0.3) is 0 Å². The summed E-state index contributed by atoms with van der Waals surface area (Å²) in [6.45, 7) is 0. The minimum absolute atomic E-state index is 0.220. The molecule has 0 radical (unpaired) electrons. The van der Waals surface area contributed by atoms with E-state index in [0.29, 0.717) is 5.69 Å². The number of hydrogen-bond donors (Lipinski definition) is 0. The lowest BCUT2D eigenvalue weighted by atomic mass is 10.3. The summed E-state index contributed by atoms with van der Waals surface area (Å²) >= 11 is 3.49. The molecule has 0 saturated carbocycles. The summed E-state index contributed by atoms with van der Waals surface area (Å²) < 4.78 is 14.5. The lowest BCUT2D eigenvalue weighted by Gasteiger charge is -1.88. The summed E-state index contributed by atoms with van der Waals surface area (Å²) in [6.07, 6.45) is 0. The Bertz CT molecular complexity index is 266. The van der Waals surface area contributed by atoms with E-state index in [9.17, 15) is 4.21 Å². The van der Waals surface area contributed by atoms with Gasteiger partial charge in [0.15, 0.2) is 0 Å². The average molecular weight is 218 g/mol. The lowest BCUT2D eigenvalue weighted by molar-refractivity contribution is 0.698. The molecule has 0 saturated heterocycles. The Hall–Kier alpha value is -0.480. The highest BCUT2D eigenvalue weighted by atomic mass is 79.9. The summed E-state index contributed by atoms with van der Waals surface area (Å²) in [5.41, 5.74) is 0.697. The first-order valence-electron chi connectivity index (χ1n) is 2.58. The first kappa shape index (κ1) is 7.63. The SMILES string of the molecule is O=S=Nc1ccc(Br)cc1. The number of hydrogen-bond acceptors (Lipinski definition) is 2. The van der Waals surface area contributed by atoms with Crippen LogP contribution >= 0.6 is 15.9 Å². The zero-order valence-corrected chi connectivity index (χ0v) is 7.35. The van der Waals surface area contributed by atoms with Gasteiger partial charge in [0.25, 0.3) is 0 Å². The molecule has 0 unspecified atom stereocenters. The summed E-state index contributed by atoms with van der Waals surface area (Å²) in [6, 6.07) is 7.23. The van der Waals surface area contributed by atoms with Crippen LogP contribution < -0.4 is 0 Å². The number of rotatable bonds is 1. The van der Waals surface area contributed by atoms with E-state index in [1.165, 1.54) is 0 Å². The number of benzene rings is 1. The van der Waals surface area contributed by atoms with Crippen LogP contribution in [0.2, 0.25) is 0 Å². The molecule has 0 spiro atoms. The van der Waals surface area contributed by atoms with E-state index >= 15 is 0 Å². The standard InChI is InChI=1S/C6H4BrNOS/c7-5-1-3-6(4-2-5)8-10-9/h1-4H. The molecule has 0 heterocycles. The van der Waals surface area contributed by atoms with Crippen molar-refractivity contribution < 1.29 is 4.21 Å². The monoisotopic (exact) mass is 217 g/mol. The highest BCUT2D eigenvalue weighted by Crippen LogP contribution is 2.15. The predicted molar refractivity (Wildman–Crippen MR) is 44.4 cm³/mol. The molecule has 0 bridgehead atoms. The van der Waals surface area contributed by atoms with E-state index in [1.807, 2.05) is 12.1 Å². The minimum atomic E-state index is 0.220. The molecule has 10 heavy (non-hydrogen) atoms. The maximum Gasteiger partial charge on any atom is 0.205 e. The van der Waals surface area contributed by atoms with Crippen molar-refractivity contribution in [3.05, 3.63) is 28.7 Å². The first-order chi connectivity index (χ1) is 4.83. The molecule has 1 rings (SSSR count). The third kappa shape index (κ3) is 2.04. The molecule has 0 fully saturated rings. The van der Waals surface area contributed by atoms with Gasteiger partial charge in [-0.25, -0.2) is 0 Å². The Morgan fingerprint density at radius 3 is 2.40 bits per heavy atom. The highest BCUT2D eigenvalue weighted by Gasteiger charge is 1.86. The fraction of sp³-hybridized carbons (Fsp3) is 0. The van der Waals surface area contributed by atoms with Crippen LogP contribution in [0, 0.1) is 0 Å². The molecule has 0 aromatic heterocycles. The predicted octanol–water partition coefficient (Wildman–Crippen LogP) is 2.48. The van der Waals surface area contributed by atoms with Gasteiger partial charge in [-0.2, -0.15) is 8.57 Å². The molecule has 0 aliphatic rings. The van der Waals surface area contributed by atoms with Crippen LogP contribution in [0.1, 0.15) is 0 Å². The van der Waals surface area contributed by atoms with Gasteiger partial charge in [0.1, 0.15) is 0 Å². The van der Waals surface area contributed by atoms with E-state index in [2.05, 4.69) is 20.3 Å². The van der Waals surface area contributed by atoms with Gasteiger partial charge in [-0.1, -0.05) is 15.9 Å². The Morgan fingerprint density at radius 2 is 1.90 bits per heavy atom. The van der Waals surface area contributed by atoms with Crippen LogP contribution in [-0.2, 0) is 11.5 Å². The summed E-state index contributed by atoms with van der Waals surface area (Å²) in [7, 11) is 0. The van der Waals surface area contributed by atoms with Gasteiger partial charge in [0.05, 0.1) is 5.69 Å². The molecule has 0 atom stereocenters. The fourth-order valence-corrected chi connectivity index (χ4v) is 1.02. The summed E-state index contributed by atoms with van der Waals surface area (Å²) in [4.78, 5) is 0. The smallest absolute Gasteiger partial charge is 0.191 e. The van der Waals surface area contributed by atoms with E-state index in [-0.39, 0.29) is 11.5 Å². The molecule has 52 valence electrons. The van der Waals surface area contributed by atoms with Crippen LogP contribution in [0.3, 0.4) is 0 Å². The number of halogens is 1. The second-order valence-electron chi connectivity index (χ2n) is 1.64. The molecule has 0 aliphatic heterocycles. The van der Waals surface area contributed by atoms with Crippen molar-refractivity contribution in [2.24, 2.45) is 4.36 Å². The molecule has 2 nitrogen and oxygen atoms in total. The van der Waals surface area contributed by atoms with E-state index in [4.69, 9.17) is 0 Å². The highest BCUT2D eigenvalue weighted by molar-refractivity contribution is 9.10. The maximum atomic E-state index is 9.92. The van der Waals surface area contributed by atoms with Crippen molar-refractivity contribution in [1.82, 2.24) is 0 Å². The quantitative estimate of drug-likeness (QED) is 0.711. The Morgan fingerprint density at radius 1 is 1.30 bits per heavy atom. The molecule has 0 amide bonds. The van der Waals surface area contributed by atoms with E-state index in [1.54, 1.807) is 12.1 Å². The van der Waals surface area contributed by atoms with Gasteiger partial charge in [-0.3, -0.25) is 0 Å².